The minimum absolute atomic E-state index is 0.0989. The first-order chi connectivity index (χ1) is 44.5. The zero-order chi connectivity index (χ0) is 69.7. The zero-order valence-electron chi connectivity index (χ0n) is 59.1. The summed E-state index contributed by atoms with van der Waals surface area (Å²) in [5.74, 6) is -4.03. The van der Waals surface area contributed by atoms with Gasteiger partial charge < -0.3 is 53.6 Å². The number of methoxy groups -OCH3 is 2. The van der Waals surface area contributed by atoms with E-state index in [2.05, 4.69) is 6.92 Å². The second-order valence-corrected chi connectivity index (χ2v) is 36.5. The molecule has 20 aliphatic rings. The SMILES string of the molecule is CC(F)(F)COCC1C2CC3CC(C2)C(C)(O)C1C3.CC(F)(F)COCC1C2CC3CC1CC(O)(C3)C2.CCC1(O)C2CC3CC1CC(C2)C3COCC(C)(F)F.COC12CC3CC(C1)C(COCC(C)(F)F)C(C3)C2.COC12CC3CC(O)(CC(COCC(C)(F)F)(C3)C1)C2. The highest BCUT2D eigenvalue weighted by molar-refractivity contribution is 5.16. The van der Waals surface area contributed by atoms with Gasteiger partial charge in [-0.1, -0.05) is 6.92 Å². The van der Waals surface area contributed by atoms with Gasteiger partial charge in [-0.2, -0.15) is 0 Å². The van der Waals surface area contributed by atoms with Gasteiger partial charge in [-0.25, -0.2) is 43.9 Å². The maximum absolute atomic E-state index is 12.9. The lowest BCUT2D eigenvalue weighted by Crippen LogP contribution is -2.64. The van der Waals surface area contributed by atoms with Gasteiger partial charge in [0.2, 0.25) is 0 Å². The molecule has 20 rings (SSSR count). The Hall–Kier alpha value is -1.14. The first-order valence-corrected chi connectivity index (χ1v) is 37.3. The molecular formula is C75H120F10O11. The van der Waals surface area contributed by atoms with Crippen LogP contribution in [0.3, 0.4) is 0 Å². The molecule has 11 nitrogen and oxygen atoms in total. The second kappa shape index (κ2) is 28.1. The number of hydrogen-bond acceptors (Lipinski definition) is 11. The monoisotopic (exact) mass is 1390 g/mol. The van der Waals surface area contributed by atoms with Crippen LogP contribution in [0.4, 0.5) is 43.9 Å². The maximum atomic E-state index is 12.9. The van der Waals surface area contributed by atoms with Crippen LogP contribution in [0.2, 0.25) is 0 Å². The first kappa shape index (κ1) is 76.0. The lowest BCUT2D eigenvalue weighted by molar-refractivity contribution is -0.251. The summed E-state index contributed by atoms with van der Waals surface area (Å²) in [5, 5.41) is 42.7. The molecule has 0 aliphatic heterocycles. The van der Waals surface area contributed by atoms with Crippen LogP contribution in [-0.2, 0) is 33.2 Å². The number of ether oxygens (including phenoxy) is 7. The van der Waals surface area contributed by atoms with Gasteiger partial charge in [0.1, 0.15) is 33.0 Å². The smallest absolute Gasteiger partial charge is 0.268 e. The molecule has 0 aromatic heterocycles. The molecule has 0 aromatic carbocycles. The summed E-state index contributed by atoms with van der Waals surface area (Å²) in [6.07, 6.45) is 25.4. The fourth-order valence-electron chi connectivity index (χ4n) is 25.3. The first-order valence-electron chi connectivity index (χ1n) is 37.3. The van der Waals surface area contributed by atoms with E-state index in [9.17, 15) is 64.3 Å². The van der Waals surface area contributed by atoms with Crippen molar-refractivity contribution in [1.29, 1.82) is 0 Å². The highest BCUT2D eigenvalue weighted by Gasteiger charge is 2.65. The predicted molar refractivity (Wildman–Crippen MR) is 342 cm³/mol. The summed E-state index contributed by atoms with van der Waals surface area (Å²) in [5.41, 5.74) is -2.55. The Morgan fingerprint density at radius 1 is 0.365 bits per heavy atom. The van der Waals surface area contributed by atoms with E-state index in [1.807, 2.05) is 14.0 Å². The van der Waals surface area contributed by atoms with E-state index in [1.165, 1.54) is 25.7 Å². The summed E-state index contributed by atoms with van der Waals surface area (Å²) in [6.45, 7) is 8.21. The van der Waals surface area contributed by atoms with E-state index in [0.29, 0.717) is 135 Å². The molecule has 556 valence electrons. The lowest BCUT2D eigenvalue weighted by Gasteiger charge is -2.64. The van der Waals surface area contributed by atoms with E-state index in [-0.39, 0.29) is 28.5 Å². The van der Waals surface area contributed by atoms with E-state index in [1.54, 1.807) is 7.11 Å². The maximum Gasteiger partial charge on any atom is 0.268 e. The molecule has 14 unspecified atom stereocenters. The summed E-state index contributed by atoms with van der Waals surface area (Å²) in [4.78, 5) is 0. The third-order valence-electron chi connectivity index (χ3n) is 27.9. The van der Waals surface area contributed by atoms with Gasteiger partial charge in [-0.15, -0.1) is 0 Å². The largest absolute Gasteiger partial charge is 0.390 e. The van der Waals surface area contributed by atoms with Gasteiger partial charge in [0.05, 0.1) is 66.6 Å². The Labute approximate surface area is 565 Å². The topological polar surface area (TPSA) is 146 Å². The molecule has 96 heavy (non-hydrogen) atoms. The molecule has 0 radical (unpaired) electrons. The number of rotatable bonds is 23. The summed E-state index contributed by atoms with van der Waals surface area (Å²) in [7, 11) is 3.53. The molecule has 20 fully saturated rings. The fraction of sp³-hybridized carbons (Fsp3) is 1.00. The normalized spacial score (nSPS) is 46.8. The molecule has 20 aliphatic carbocycles. The van der Waals surface area contributed by atoms with Gasteiger partial charge in [-0.3, -0.25) is 0 Å². The molecule has 0 spiro atoms. The fourth-order valence-corrected chi connectivity index (χ4v) is 25.3. The third-order valence-corrected chi connectivity index (χ3v) is 27.9. The average molecular weight is 1390 g/mol. The molecule has 21 heteroatoms. The number of aliphatic hydroxyl groups is 4. The quantitative estimate of drug-likeness (QED) is 0.0726. The van der Waals surface area contributed by atoms with Crippen molar-refractivity contribution >= 4 is 0 Å². The Balaban J connectivity index is 0.000000122. The van der Waals surface area contributed by atoms with Crippen LogP contribution in [-0.4, -0.2) is 164 Å². The van der Waals surface area contributed by atoms with Crippen molar-refractivity contribution in [2.24, 2.45) is 118 Å². The summed E-state index contributed by atoms with van der Waals surface area (Å²) < 4.78 is 166. The molecule has 14 atom stereocenters. The van der Waals surface area contributed by atoms with Crippen molar-refractivity contribution in [3.05, 3.63) is 0 Å². The highest BCUT2D eigenvalue weighted by Crippen LogP contribution is 2.66. The highest BCUT2D eigenvalue weighted by atomic mass is 19.3. The van der Waals surface area contributed by atoms with Gasteiger partial charge >= 0.3 is 0 Å². The van der Waals surface area contributed by atoms with E-state index in [0.717, 1.165) is 168 Å². The van der Waals surface area contributed by atoms with Gasteiger partial charge in [0.15, 0.2) is 0 Å². The van der Waals surface area contributed by atoms with Crippen LogP contribution in [0.25, 0.3) is 0 Å². The Morgan fingerprint density at radius 3 is 1.19 bits per heavy atom. The molecule has 4 N–H and O–H groups in total. The van der Waals surface area contributed by atoms with E-state index in [4.69, 9.17) is 33.2 Å². The average Bonchev–Trinajstić information content (AvgIpc) is 0.727. The Kier molecular flexibility index (Phi) is 22.2. The molecule has 20 saturated carbocycles. The standard InChI is InChI=1S/C16H26F2O2.C15H24F2O3.2C15H24F2O2.C14H22F2O2/c1-3-16(19)12-4-10-5-13(16)7-11(6-12)14(10)8-20-9-15(2,17)18;1-12(16,17)9-20-10-13-3-11-4-14(18,6-13)8-15(5-11,7-13)19-2;1-14(16,17)9-19-8-13-11-3-10-4-12(13)7-15(5-10,6-11)18-2;1-14(16,17)8-19-7-12-10-3-9-4-11(6-10)15(2,18)13(12)5-9;1-13(15,16)8-18-7-12-10-2-9-3-11(12)6-14(17,4-9)5-10/h10-14,19H,3-9H2,1-2H3;11,18H,3-10H2,1-2H3;10-13H,3-9H2,1-2H3;9-13,18H,3-8H2,1-2H3;9-12,17H,2-8H2,1H3. The van der Waals surface area contributed by atoms with Crippen LogP contribution < -0.4 is 0 Å². The molecule has 20 bridgehead atoms. The van der Waals surface area contributed by atoms with Gasteiger partial charge in [0, 0.05) is 55.3 Å². The number of hydrogen-bond donors (Lipinski definition) is 4. The summed E-state index contributed by atoms with van der Waals surface area (Å²) in [6, 6.07) is 0. The van der Waals surface area contributed by atoms with Crippen molar-refractivity contribution in [3.63, 3.8) is 0 Å². The minimum atomic E-state index is -2.79. The number of halogens is 10. The molecular weight excluding hydrogens is 1270 g/mol. The third kappa shape index (κ3) is 17.6. The van der Waals surface area contributed by atoms with Crippen molar-refractivity contribution in [3.8, 4) is 0 Å². The van der Waals surface area contributed by atoms with Crippen molar-refractivity contribution in [1.82, 2.24) is 0 Å². The van der Waals surface area contributed by atoms with Gasteiger partial charge in [0.25, 0.3) is 29.6 Å². The van der Waals surface area contributed by atoms with Crippen molar-refractivity contribution in [2.75, 3.05) is 80.3 Å². The van der Waals surface area contributed by atoms with Crippen LogP contribution in [0.1, 0.15) is 209 Å². The molecule has 0 saturated heterocycles. The summed E-state index contributed by atoms with van der Waals surface area (Å²) >= 11 is 0. The van der Waals surface area contributed by atoms with E-state index >= 15 is 0 Å². The minimum Gasteiger partial charge on any atom is -0.390 e. The van der Waals surface area contributed by atoms with Crippen LogP contribution in [0.5, 0.6) is 0 Å². The van der Waals surface area contributed by atoms with Crippen LogP contribution in [0.15, 0.2) is 0 Å². The Bertz CT molecular complexity index is 2510. The van der Waals surface area contributed by atoms with Crippen LogP contribution in [0, 0.1) is 118 Å². The molecule has 0 aromatic rings. The molecule has 0 amide bonds. The van der Waals surface area contributed by atoms with Crippen molar-refractivity contribution in [2.45, 2.75) is 272 Å². The van der Waals surface area contributed by atoms with Crippen molar-refractivity contribution < 1.29 is 97.5 Å². The number of alkyl halides is 10. The zero-order valence-corrected chi connectivity index (χ0v) is 59.1. The molecule has 0 heterocycles. The predicted octanol–water partition coefficient (Wildman–Crippen LogP) is 15.7. The Morgan fingerprint density at radius 2 is 0.750 bits per heavy atom. The lowest BCUT2D eigenvalue weighted by atomic mass is 9.46. The second-order valence-electron chi connectivity index (χ2n) is 36.5. The van der Waals surface area contributed by atoms with Gasteiger partial charge in [-0.05, 0) is 279 Å². The van der Waals surface area contributed by atoms with Crippen LogP contribution >= 0.6 is 0 Å². The van der Waals surface area contributed by atoms with E-state index < -0.39 is 85.1 Å².